The fraction of sp³-hybridized carbons (Fsp3) is 0.400. The Morgan fingerprint density at radius 2 is 2.07 bits per heavy atom. The van der Waals surface area contributed by atoms with E-state index in [1.807, 2.05) is 13.8 Å². The molecule has 4 heteroatoms. The minimum absolute atomic E-state index is 0.398. The summed E-state index contributed by atoms with van der Waals surface area (Å²) in [5.41, 5.74) is 6.66. The summed E-state index contributed by atoms with van der Waals surface area (Å²) in [6.45, 7) is 5.79. The molecule has 0 aliphatic carbocycles. The lowest BCUT2D eigenvalue weighted by molar-refractivity contribution is 0.0600. The van der Waals surface area contributed by atoms with Gasteiger partial charge in [0.05, 0.1) is 12.7 Å². The van der Waals surface area contributed by atoms with E-state index in [-0.39, 0.29) is 0 Å². The molecule has 0 amide bonds. The third-order valence-electron chi connectivity index (χ3n) is 1.54. The van der Waals surface area contributed by atoms with Crippen molar-refractivity contribution in [3.63, 3.8) is 0 Å². The smallest absolute Gasteiger partial charge is 0.339 e. The second-order valence-corrected chi connectivity index (χ2v) is 2.42. The summed E-state index contributed by atoms with van der Waals surface area (Å²) < 4.78 is 4.51. The molecule has 0 bridgehead atoms. The van der Waals surface area contributed by atoms with Gasteiger partial charge in [-0.05, 0) is 18.6 Å². The highest BCUT2D eigenvalue weighted by Crippen LogP contribution is 2.09. The van der Waals surface area contributed by atoms with E-state index in [9.17, 15) is 4.79 Å². The molecule has 0 radical (unpaired) electrons. The summed E-state index contributed by atoms with van der Waals surface area (Å²) in [6, 6.07) is 1.65. The number of methoxy groups -OCH3 is 1. The van der Waals surface area contributed by atoms with Gasteiger partial charge in [-0.2, -0.15) is 0 Å². The molecular weight excluding hydrogens is 180 g/mol. The Kier molecular flexibility index (Phi) is 5.29. The van der Waals surface area contributed by atoms with Gasteiger partial charge in [0.2, 0.25) is 0 Å². The van der Waals surface area contributed by atoms with Gasteiger partial charge in [0.15, 0.2) is 0 Å². The van der Waals surface area contributed by atoms with Gasteiger partial charge in [0.25, 0.3) is 0 Å². The van der Waals surface area contributed by atoms with E-state index in [1.165, 1.54) is 13.3 Å². The van der Waals surface area contributed by atoms with Crippen LogP contribution in [0.1, 0.15) is 29.8 Å². The summed E-state index contributed by atoms with van der Waals surface area (Å²) in [5.74, 6) is 0.0354. The SMILES string of the molecule is CC.COC(=O)c1cnc(N)c(C)c1. The summed E-state index contributed by atoms with van der Waals surface area (Å²) in [7, 11) is 1.33. The van der Waals surface area contributed by atoms with Crippen LogP contribution in [-0.2, 0) is 4.74 Å². The average molecular weight is 196 g/mol. The number of anilines is 1. The molecule has 0 aromatic carbocycles. The molecule has 0 unspecified atom stereocenters. The number of aryl methyl sites for hydroxylation is 1. The van der Waals surface area contributed by atoms with Crippen molar-refractivity contribution < 1.29 is 9.53 Å². The van der Waals surface area contributed by atoms with Gasteiger partial charge in [0.1, 0.15) is 5.82 Å². The van der Waals surface area contributed by atoms with Gasteiger partial charge in [-0.25, -0.2) is 9.78 Å². The fourth-order valence-corrected chi connectivity index (χ4v) is 0.815. The van der Waals surface area contributed by atoms with Gasteiger partial charge in [-0.1, -0.05) is 13.8 Å². The molecule has 1 aromatic heterocycles. The number of nitrogen functional groups attached to an aromatic ring is 1. The molecule has 0 fully saturated rings. The van der Waals surface area contributed by atoms with Crippen LogP contribution < -0.4 is 5.73 Å². The fourth-order valence-electron chi connectivity index (χ4n) is 0.815. The molecule has 2 N–H and O–H groups in total. The monoisotopic (exact) mass is 196 g/mol. The van der Waals surface area contributed by atoms with Gasteiger partial charge in [0, 0.05) is 6.20 Å². The summed E-state index contributed by atoms with van der Waals surface area (Å²) >= 11 is 0. The van der Waals surface area contributed by atoms with Crippen molar-refractivity contribution in [2.45, 2.75) is 20.8 Å². The van der Waals surface area contributed by atoms with Gasteiger partial charge >= 0.3 is 5.97 Å². The Morgan fingerprint density at radius 1 is 1.50 bits per heavy atom. The number of rotatable bonds is 1. The molecule has 78 valence electrons. The van der Waals surface area contributed by atoms with Crippen LogP contribution in [0.4, 0.5) is 5.82 Å². The van der Waals surface area contributed by atoms with E-state index in [0.29, 0.717) is 11.4 Å². The molecule has 0 atom stereocenters. The second kappa shape index (κ2) is 5.96. The molecule has 1 heterocycles. The third kappa shape index (κ3) is 3.05. The van der Waals surface area contributed by atoms with E-state index in [2.05, 4.69) is 9.72 Å². The molecule has 0 spiro atoms. The zero-order valence-electron chi connectivity index (χ0n) is 9.00. The first-order valence-corrected chi connectivity index (χ1v) is 4.45. The molecule has 14 heavy (non-hydrogen) atoms. The van der Waals surface area contributed by atoms with Crippen LogP contribution in [0, 0.1) is 6.92 Å². The molecule has 4 nitrogen and oxygen atoms in total. The number of esters is 1. The molecule has 1 rings (SSSR count). The minimum Gasteiger partial charge on any atom is -0.465 e. The summed E-state index contributed by atoms with van der Waals surface area (Å²) in [5, 5.41) is 0. The highest BCUT2D eigenvalue weighted by atomic mass is 16.5. The third-order valence-corrected chi connectivity index (χ3v) is 1.54. The zero-order chi connectivity index (χ0) is 11.1. The molecule has 0 saturated heterocycles. The largest absolute Gasteiger partial charge is 0.465 e. The van der Waals surface area contributed by atoms with E-state index in [0.717, 1.165) is 5.56 Å². The summed E-state index contributed by atoms with van der Waals surface area (Å²) in [4.78, 5) is 14.8. The van der Waals surface area contributed by atoms with Crippen molar-refractivity contribution in [3.05, 3.63) is 23.4 Å². The van der Waals surface area contributed by atoms with Gasteiger partial charge in [-0.3, -0.25) is 0 Å². The average Bonchev–Trinajstić information content (AvgIpc) is 2.24. The van der Waals surface area contributed by atoms with E-state index in [1.54, 1.807) is 13.0 Å². The number of nitrogens with two attached hydrogens (primary N) is 1. The first kappa shape index (κ1) is 12.4. The van der Waals surface area contributed by atoms with Crippen LogP contribution in [0.2, 0.25) is 0 Å². The number of carbonyl (C=O) groups excluding carboxylic acids is 1. The molecule has 0 saturated carbocycles. The number of pyridine rings is 1. The highest BCUT2D eigenvalue weighted by molar-refractivity contribution is 5.89. The zero-order valence-corrected chi connectivity index (χ0v) is 9.00. The molecule has 0 aliphatic heterocycles. The van der Waals surface area contributed by atoms with Crippen molar-refractivity contribution in [1.82, 2.24) is 4.98 Å². The van der Waals surface area contributed by atoms with Crippen molar-refractivity contribution in [2.75, 3.05) is 12.8 Å². The molecular formula is C10H16N2O2. The Labute approximate surface area is 84.1 Å². The summed E-state index contributed by atoms with van der Waals surface area (Å²) in [6.07, 6.45) is 1.40. The number of aromatic nitrogens is 1. The van der Waals surface area contributed by atoms with E-state index >= 15 is 0 Å². The standard InChI is InChI=1S/C8H10N2O2.C2H6/c1-5-3-6(8(11)12-2)4-10-7(5)9;1-2/h3-4H,1-2H3,(H2,9,10);1-2H3. The topological polar surface area (TPSA) is 65.2 Å². The van der Waals surface area contributed by atoms with Crippen LogP contribution in [0.15, 0.2) is 12.3 Å². The number of hydrogen-bond acceptors (Lipinski definition) is 4. The van der Waals surface area contributed by atoms with Crippen LogP contribution in [0.5, 0.6) is 0 Å². The number of carbonyl (C=O) groups is 1. The normalized spacial score (nSPS) is 8.57. The van der Waals surface area contributed by atoms with Crippen molar-refractivity contribution in [2.24, 2.45) is 0 Å². The first-order valence-electron chi connectivity index (χ1n) is 4.45. The van der Waals surface area contributed by atoms with Crippen LogP contribution in [0.25, 0.3) is 0 Å². The Morgan fingerprint density at radius 3 is 2.50 bits per heavy atom. The van der Waals surface area contributed by atoms with Crippen molar-refractivity contribution in [1.29, 1.82) is 0 Å². The van der Waals surface area contributed by atoms with Crippen LogP contribution >= 0.6 is 0 Å². The van der Waals surface area contributed by atoms with Crippen LogP contribution in [0.3, 0.4) is 0 Å². The Bertz CT molecular complexity index is 311. The lowest BCUT2D eigenvalue weighted by atomic mass is 10.2. The van der Waals surface area contributed by atoms with Gasteiger partial charge in [-0.15, -0.1) is 0 Å². The second-order valence-electron chi connectivity index (χ2n) is 2.42. The molecule has 1 aromatic rings. The predicted molar refractivity (Wildman–Crippen MR) is 56.1 cm³/mol. The van der Waals surface area contributed by atoms with E-state index in [4.69, 9.17) is 5.73 Å². The number of nitrogens with zero attached hydrogens (tertiary/aromatic N) is 1. The lowest BCUT2D eigenvalue weighted by Crippen LogP contribution is -2.04. The maximum Gasteiger partial charge on any atom is 0.339 e. The quantitative estimate of drug-likeness (QED) is 0.695. The highest BCUT2D eigenvalue weighted by Gasteiger charge is 2.06. The Balaban J connectivity index is 0.000000791. The maximum absolute atomic E-state index is 11.0. The minimum atomic E-state index is -0.398. The maximum atomic E-state index is 11.0. The lowest BCUT2D eigenvalue weighted by Gasteiger charge is -2.01. The van der Waals surface area contributed by atoms with Crippen LogP contribution in [-0.4, -0.2) is 18.1 Å². The van der Waals surface area contributed by atoms with Crippen molar-refractivity contribution >= 4 is 11.8 Å². The predicted octanol–water partition coefficient (Wildman–Crippen LogP) is 1.79. The van der Waals surface area contributed by atoms with Gasteiger partial charge < -0.3 is 10.5 Å². The molecule has 0 aliphatic rings. The Hall–Kier alpha value is -1.58. The number of ether oxygens (including phenoxy) is 1. The van der Waals surface area contributed by atoms with Crippen molar-refractivity contribution in [3.8, 4) is 0 Å². The number of hydrogen-bond donors (Lipinski definition) is 1. The van der Waals surface area contributed by atoms with E-state index < -0.39 is 5.97 Å². The first-order chi connectivity index (χ1) is 6.65.